The number of aryl methyl sites for hydroxylation is 2. The molecule has 0 saturated heterocycles. The lowest BCUT2D eigenvalue weighted by Gasteiger charge is -2.20. The fraction of sp³-hybridized carbons (Fsp3) is 0.292. The molecule has 2 amide bonds. The van der Waals surface area contributed by atoms with Crippen LogP contribution in [0.4, 0.5) is 5.69 Å². The molecule has 0 aliphatic carbocycles. The van der Waals surface area contributed by atoms with Crippen molar-refractivity contribution in [1.82, 2.24) is 9.47 Å². The first kappa shape index (κ1) is 21.3. The van der Waals surface area contributed by atoms with Crippen molar-refractivity contribution < 1.29 is 9.59 Å². The highest BCUT2D eigenvalue weighted by Gasteiger charge is 2.19. The first-order valence-electron chi connectivity index (χ1n) is 10.1. The zero-order valence-electron chi connectivity index (χ0n) is 17.9. The highest BCUT2D eigenvalue weighted by atomic mass is 16.2. The minimum absolute atomic E-state index is 0.132. The third-order valence-electron chi connectivity index (χ3n) is 5.27. The van der Waals surface area contributed by atoms with E-state index in [1.165, 1.54) is 10.6 Å². The molecule has 0 bridgehead atoms. The highest BCUT2D eigenvalue weighted by Crippen LogP contribution is 2.20. The molecule has 0 unspecified atom stereocenters. The summed E-state index contributed by atoms with van der Waals surface area (Å²) in [4.78, 5) is 40.2. The van der Waals surface area contributed by atoms with E-state index in [4.69, 9.17) is 0 Å². The van der Waals surface area contributed by atoms with Crippen LogP contribution in [0.15, 0.2) is 53.3 Å². The van der Waals surface area contributed by atoms with Crippen molar-refractivity contribution in [2.75, 3.05) is 18.4 Å². The summed E-state index contributed by atoms with van der Waals surface area (Å²) in [5, 5.41) is 3.55. The molecule has 1 heterocycles. The number of benzene rings is 2. The van der Waals surface area contributed by atoms with Gasteiger partial charge in [0.25, 0.3) is 11.5 Å². The number of rotatable bonds is 6. The van der Waals surface area contributed by atoms with E-state index in [0.29, 0.717) is 29.6 Å². The van der Waals surface area contributed by atoms with Crippen molar-refractivity contribution in [3.05, 3.63) is 75.6 Å². The number of pyridine rings is 1. The fourth-order valence-electron chi connectivity index (χ4n) is 3.56. The number of nitrogens with zero attached hydrogens (tertiary/aromatic N) is 2. The summed E-state index contributed by atoms with van der Waals surface area (Å²) in [5.41, 5.74) is 3.28. The molecule has 30 heavy (non-hydrogen) atoms. The molecule has 6 heteroatoms. The molecule has 6 nitrogen and oxygen atoms in total. The number of carbonyl (C=O) groups is 2. The Morgan fingerprint density at radius 2 is 1.70 bits per heavy atom. The second kappa shape index (κ2) is 8.95. The van der Waals surface area contributed by atoms with Gasteiger partial charge in [0.2, 0.25) is 5.91 Å². The van der Waals surface area contributed by atoms with E-state index < -0.39 is 0 Å². The SMILES string of the molecule is CCN(CC)C(=O)c1cc(=O)n(CC(=O)Nc2cc(C)ccc2C)c2ccccc12. The van der Waals surface area contributed by atoms with Crippen molar-refractivity contribution in [2.45, 2.75) is 34.2 Å². The maximum absolute atomic E-state index is 12.9. The Kier molecular flexibility index (Phi) is 6.35. The normalized spacial score (nSPS) is 10.8. The molecule has 2 aromatic carbocycles. The van der Waals surface area contributed by atoms with Crippen molar-refractivity contribution in [3.63, 3.8) is 0 Å². The average molecular weight is 405 g/mol. The van der Waals surface area contributed by atoms with Crippen molar-refractivity contribution in [3.8, 4) is 0 Å². The Hall–Kier alpha value is -3.41. The smallest absolute Gasteiger partial charge is 0.254 e. The molecule has 0 saturated carbocycles. The molecular formula is C24H27N3O3. The van der Waals surface area contributed by atoms with E-state index >= 15 is 0 Å². The number of aromatic nitrogens is 1. The minimum atomic E-state index is -0.375. The van der Waals surface area contributed by atoms with Gasteiger partial charge in [0.15, 0.2) is 0 Å². The summed E-state index contributed by atoms with van der Waals surface area (Å²) in [7, 11) is 0. The van der Waals surface area contributed by atoms with Crippen LogP contribution in [0.25, 0.3) is 10.9 Å². The summed E-state index contributed by atoms with van der Waals surface area (Å²) < 4.78 is 1.41. The number of amides is 2. The zero-order chi connectivity index (χ0) is 21.8. The van der Waals surface area contributed by atoms with E-state index in [-0.39, 0.29) is 23.9 Å². The van der Waals surface area contributed by atoms with E-state index in [9.17, 15) is 14.4 Å². The average Bonchev–Trinajstić information content (AvgIpc) is 2.73. The monoisotopic (exact) mass is 405 g/mol. The van der Waals surface area contributed by atoms with Gasteiger partial charge in [-0.15, -0.1) is 0 Å². The molecule has 3 rings (SSSR count). The van der Waals surface area contributed by atoms with Gasteiger partial charge in [-0.05, 0) is 51.0 Å². The summed E-state index contributed by atoms with van der Waals surface area (Å²) in [6.07, 6.45) is 0. The summed E-state index contributed by atoms with van der Waals surface area (Å²) in [6, 6.07) is 14.4. The maximum Gasteiger partial charge on any atom is 0.254 e. The van der Waals surface area contributed by atoms with Crippen LogP contribution >= 0.6 is 0 Å². The third-order valence-corrected chi connectivity index (χ3v) is 5.27. The number of hydrogen-bond acceptors (Lipinski definition) is 3. The van der Waals surface area contributed by atoms with E-state index in [0.717, 1.165) is 16.8 Å². The van der Waals surface area contributed by atoms with Crippen molar-refractivity contribution >= 4 is 28.4 Å². The van der Waals surface area contributed by atoms with Gasteiger partial charge in [0, 0.05) is 30.2 Å². The molecule has 1 aromatic heterocycles. The van der Waals surface area contributed by atoms with Crippen LogP contribution in [-0.4, -0.2) is 34.4 Å². The van der Waals surface area contributed by atoms with Gasteiger partial charge in [-0.3, -0.25) is 19.0 Å². The summed E-state index contributed by atoms with van der Waals surface area (Å²) in [6.45, 7) is 8.68. The summed E-state index contributed by atoms with van der Waals surface area (Å²) in [5.74, 6) is -0.473. The molecule has 0 aliphatic rings. The van der Waals surface area contributed by atoms with Gasteiger partial charge >= 0.3 is 0 Å². The van der Waals surface area contributed by atoms with Crippen LogP contribution in [0.2, 0.25) is 0 Å². The predicted molar refractivity (Wildman–Crippen MR) is 120 cm³/mol. The van der Waals surface area contributed by atoms with Crippen LogP contribution in [0, 0.1) is 13.8 Å². The minimum Gasteiger partial charge on any atom is -0.339 e. The van der Waals surface area contributed by atoms with Crippen LogP contribution in [0.1, 0.15) is 35.3 Å². The molecule has 0 radical (unpaired) electrons. The largest absolute Gasteiger partial charge is 0.339 e. The van der Waals surface area contributed by atoms with Crippen LogP contribution in [0.5, 0.6) is 0 Å². The first-order chi connectivity index (χ1) is 14.3. The van der Waals surface area contributed by atoms with E-state index in [1.54, 1.807) is 17.0 Å². The van der Waals surface area contributed by atoms with Crippen molar-refractivity contribution in [2.24, 2.45) is 0 Å². The Bertz CT molecular complexity index is 1160. The van der Waals surface area contributed by atoms with E-state index in [1.807, 2.05) is 58.0 Å². The molecule has 0 atom stereocenters. The Balaban J connectivity index is 1.99. The second-order valence-electron chi connectivity index (χ2n) is 7.34. The van der Waals surface area contributed by atoms with Crippen LogP contribution < -0.4 is 10.9 Å². The number of fused-ring (bicyclic) bond motifs is 1. The number of carbonyl (C=O) groups excluding carboxylic acids is 2. The Morgan fingerprint density at radius 1 is 1.00 bits per heavy atom. The van der Waals surface area contributed by atoms with Gasteiger partial charge in [0.1, 0.15) is 6.54 Å². The summed E-state index contributed by atoms with van der Waals surface area (Å²) >= 11 is 0. The van der Waals surface area contributed by atoms with Gasteiger partial charge in [-0.2, -0.15) is 0 Å². The molecule has 0 fully saturated rings. The van der Waals surface area contributed by atoms with Crippen molar-refractivity contribution in [1.29, 1.82) is 0 Å². The molecule has 0 aliphatic heterocycles. The lowest BCUT2D eigenvalue weighted by Crippen LogP contribution is -2.33. The standard InChI is InChI=1S/C24H27N3O3/c1-5-26(6-2)24(30)19-14-23(29)27(21-10-8-7-9-18(19)21)15-22(28)25-20-13-16(3)11-12-17(20)4/h7-14H,5-6,15H2,1-4H3,(H,25,28). The van der Waals surface area contributed by atoms with Gasteiger partial charge < -0.3 is 10.2 Å². The Morgan fingerprint density at radius 3 is 2.40 bits per heavy atom. The molecular weight excluding hydrogens is 378 g/mol. The van der Waals surface area contributed by atoms with E-state index in [2.05, 4.69) is 5.32 Å². The van der Waals surface area contributed by atoms with Gasteiger partial charge in [-0.1, -0.05) is 30.3 Å². The number of hydrogen-bond donors (Lipinski definition) is 1. The highest BCUT2D eigenvalue weighted by molar-refractivity contribution is 6.06. The third kappa shape index (κ3) is 4.27. The second-order valence-corrected chi connectivity index (χ2v) is 7.34. The molecule has 0 spiro atoms. The van der Waals surface area contributed by atoms with Gasteiger partial charge in [0.05, 0.1) is 11.1 Å². The first-order valence-corrected chi connectivity index (χ1v) is 10.1. The lowest BCUT2D eigenvalue weighted by atomic mass is 10.1. The molecule has 156 valence electrons. The number of nitrogens with one attached hydrogen (secondary N) is 1. The zero-order valence-corrected chi connectivity index (χ0v) is 17.9. The van der Waals surface area contributed by atoms with Gasteiger partial charge in [-0.25, -0.2) is 0 Å². The Labute approximate surface area is 176 Å². The molecule has 3 aromatic rings. The number of para-hydroxylation sites is 1. The van der Waals surface area contributed by atoms with Crippen LogP contribution in [-0.2, 0) is 11.3 Å². The maximum atomic E-state index is 12.9. The lowest BCUT2D eigenvalue weighted by molar-refractivity contribution is -0.116. The fourth-order valence-corrected chi connectivity index (χ4v) is 3.56. The number of anilines is 1. The predicted octanol–water partition coefficient (Wildman–Crippen LogP) is 3.74. The van der Waals surface area contributed by atoms with Crippen LogP contribution in [0.3, 0.4) is 0 Å². The quantitative estimate of drug-likeness (QED) is 0.679. The topological polar surface area (TPSA) is 71.4 Å². The molecule has 1 N–H and O–H groups in total.